The van der Waals surface area contributed by atoms with Crippen molar-refractivity contribution in [1.29, 1.82) is 0 Å². The minimum atomic E-state index is -6.26. The Labute approximate surface area is 161 Å². The molecule has 8 heteroatoms. The number of benzene rings is 2. The number of fused-ring (bicyclic) bond motifs is 2. The van der Waals surface area contributed by atoms with Crippen molar-refractivity contribution in [2.75, 3.05) is 0 Å². The van der Waals surface area contributed by atoms with E-state index in [1.54, 1.807) is 12.1 Å². The van der Waals surface area contributed by atoms with E-state index < -0.39 is 32.4 Å². The first-order valence-corrected chi connectivity index (χ1v) is 14.1. The molecule has 3 nitrogen and oxygen atoms in total. The zero-order chi connectivity index (χ0) is 19.4. The van der Waals surface area contributed by atoms with E-state index in [0.29, 0.717) is 12.8 Å². The maximum absolute atomic E-state index is 16.3. The van der Waals surface area contributed by atoms with Crippen molar-refractivity contribution in [1.82, 2.24) is 0 Å². The molecule has 2 aromatic rings. The molecule has 0 unspecified atom stereocenters. The van der Waals surface area contributed by atoms with E-state index in [1.165, 1.54) is 24.3 Å². The van der Waals surface area contributed by atoms with Gasteiger partial charge in [0.2, 0.25) is 0 Å². The fourth-order valence-electron chi connectivity index (χ4n) is 3.91. The Hall–Kier alpha value is -1.13. The monoisotopic (exact) mass is 510 g/mol. The average Bonchev–Trinajstić information content (AvgIpc) is 3.27. The van der Waals surface area contributed by atoms with Gasteiger partial charge in [-0.15, -0.1) is 0 Å². The van der Waals surface area contributed by atoms with Gasteiger partial charge in [-0.3, -0.25) is 0 Å². The molecule has 0 radical (unpaired) electrons. The molecular weight excluding hydrogens is 492 g/mol. The van der Waals surface area contributed by atoms with Crippen LogP contribution in [-0.2, 0) is 35.8 Å². The minimum absolute atomic E-state index is 0.315. The summed E-state index contributed by atoms with van der Waals surface area (Å²) in [6.45, 7) is 0. The molecule has 0 N–H and O–H groups in total. The summed E-state index contributed by atoms with van der Waals surface area (Å²) < 4.78 is 74.7. The van der Waals surface area contributed by atoms with Gasteiger partial charge in [-0.2, -0.15) is 0 Å². The molecule has 0 aromatic heterocycles. The topological polar surface area (TPSA) is 57.2 Å². The third kappa shape index (κ3) is 2.91. The molecule has 0 saturated heterocycles. The van der Waals surface area contributed by atoms with E-state index in [9.17, 15) is 21.8 Å². The van der Waals surface area contributed by atoms with Gasteiger partial charge >= 0.3 is 161 Å². The summed E-state index contributed by atoms with van der Waals surface area (Å²) in [5, 5.41) is 0. The number of hydrogen-bond donors (Lipinski definition) is 0. The Morgan fingerprint density at radius 2 is 1.22 bits per heavy atom. The number of halogens is 4. The predicted octanol–water partition coefficient (Wildman–Crippen LogP) is 0.844. The Kier molecular flexibility index (Phi) is 4.59. The summed E-state index contributed by atoms with van der Waals surface area (Å²) in [5.74, 6) is 0. The van der Waals surface area contributed by atoms with E-state index in [0.717, 1.165) is 47.9 Å². The standard InChI is InChI=1S/C19H19F3IO3S/c20-19(21,27(24,25)26)23(22,17-9-7-13-3-1-5-15(13)11-17)18-10-8-14-4-2-6-16(14)12-18/h7-12H,1-6H2,(H,24,25,26)/q-1/p-1. The van der Waals surface area contributed by atoms with Crippen molar-refractivity contribution >= 4 is 10.1 Å². The Morgan fingerprint density at radius 1 is 0.815 bits per heavy atom. The summed E-state index contributed by atoms with van der Waals surface area (Å²) >= 11 is -6.26. The Morgan fingerprint density at radius 3 is 1.63 bits per heavy atom. The molecular formula is C19H18F3IO3S-2. The van der Waals surface area contributed by atoms with Gasteiger partial charge in [0, 0.05) is 0 Å². The van der Waals surface area contributed by atoms with E-state index >= 15 is 2.86 Å². The van der Waals surface area contributed by atoms with Gasteiger partial charge in [-0.05, 0) is 0 Å². The van der Waals surface area contributed by atoms with E-state index in [4.69, 9.17) is 0 Å². The summed E-state index contributed by atoms with van der Waals surface area (Å²) in [4.78, 5) is 0. The molecule has 0 amide bonds. The van der Waals surface area contributed by atoms with Crippen LogP contribution in [-0.4, -0.2) is 16.2 Å². The zero-order valence-electron chi connectivity index (χ0n) is 14.4. The van der Waals surface area contributed by atoms with Crippen LogP contribution in [0.15, 0.2) is 36.4 Å². The van der Waals surface area contributed by atoms with Crippen molar-refractivity contribution in [3.63, 3.8) is 0 Å². The molecule has 2 aliphatic rings. The van der Waals surface area contributed by atoms with Crippen LogP contribution in [0.3, 0.4) is 0 Å². The van der Waals surface area contributed by atoms with Crippen LogP contribution >= 0.6 is 0 Å². The second-order valence-electron chi connectivity index (χ2n) is 6.93. The van der Waals surface area contributed by atoms with Gasteiger partial charge in [-0.1, -0.05) is 0 Å². The fraction of sp³-hybridized carbons (Fsp3) is 0.368. The van der Waals surface area contributed by atoms with Crippen molar-refractivity contribution < 1.29 is 43.6 Å². The molecule has 0 heterocycles. The van der Waals surface area contributed by atoms with Crippen LogP contribution < -0.4 is 19.0 Å². The van der Waals surface area contributed by atoms with E-state index in [1.807, 2.05) is 0 Å². The first-order chi connectivity index (χ1) is 12.6. The number of alkyl halides is 3. The molecule has 2 aliphatic carbocycles. The number of aryl methyl sites for hydroxylation is 4. The van der Waals surface area contributed by atoms with Gasteiger partial charge in [0.15, 0.2) is 0 Å². The third-order valence-electron chi connectivity index (χ3n) is 5.31. The number of rotatable bonds is 4. The fourth-order valence-corrected chi connectivity index (χ4v) is 12.7. The van der Waals surface area contributed by atoms with Crippen LogP contribution in [0.1, 0.15) is 35.1 Å². The summed E-state index contributed by atoms with van der Waals surface area (Å²) in [6.07, 6.45) is 4.55. The third-order valence-corrected chi connectivity index (χ3v) is 15.4. The SMILES string of the molecule is O=S(=O)([O-])C(F)(F)[I-](F)(c1ccc2c(c1)CCC2)c1ccc2c(c1)CCC2. The van der Waals surface area contributed by atoms with Crippen molar-refractivity contribution in [2.24, 2.45) is 0 Å². The van der Waals surface area contributed by atoms with Gasteiger partial charge in [0.05, 0.1) is 0 Å². The second kappa shape index (κ2) is 6.45. The molecule has 4 rings (SSSR count). The summed E-state index contributed by atoms with van der Waals surface area (Å²) in [6, 6.07) is 8.43. The van der Waals surface area contributed by atoms with Crippen molar-refractivity contribution in [3.8, 4) is 0 Å². The molecule has 0 saturated carbocycles. The quantitative estimate of drug-likeness (QED) is 0.348. The zero-order valence-corrected chi connectivity index (χ0v) is 17.3. The first-order valence-electron chi connectivity index (χ1n) is 8.68. The van der Waals surface area contributed by atoms with Crippen molar-refractivity contribution in [2.45, 2.75) is 41.8 Å². The molecule has 0 spiro atoms. The molecule has 0 bridgehead atoms. The second-order valence-corrected chi connectivity index (χ2v) is 15.8. The predicted molar refractivity (Wildman–Crippen MR) is 90.1 cm³/mol. The van der Waals surface area contributed by atoms with Gasteiger partial charge in [0.25, 0.3) is 0 Å². The maximum atomic E-state index is 16.3. The van der Waals surface area contributed by atoms with Crippen LogP contribution in [0.25, 0.3) is 0 Å². The number of hydrogen-bond acceptors (Lipinski definition) is 3. The van der Waals surface area contributed by atoms with E-state index in [2.05, 4.69) is 0 Å². The van der Waals surface area contributed by atoms with Crippen molar-refractivity contribution in [3.05, 3.63) is 65.8 Å². The van der Waals surface area contributed by atoms with Crippen LogP contribution in [0, 0.1) is 7.14 Å². The van der Waals surface area contributed by atoms with Crippen LogP contribution in [0.4, 0.5) is 11.6 Å². The van der Waals surface area contributed by atoms with E-state index in [-0.39, 0.29) is 7.14 Å². The Bertz CT molecular complexity index is 963. The Balaban J connectivity index is 1.96. The molecule has 0 atom stereocenters. The van der Waals surface area contributed by atoms with Gasteiger partial charge in [0.1, 0.15) is 0 Å². The summed E-state index contributed by atoms with van der Waals surface area (Å²) in [7, 11) is -6.16. The molecule has 2 aromatic carbocycles. The molecule has 148 valence electrons. The van der Waals surface area contributed by atoms with Gasteiger partial charge in [-0.25, -0.2) is 0 Å². The van der Waals surface area contributed by atoms with Gasteiger partial charge < -0.3 is 0 Å². The molecule has 27 heavy (non-hydrogen) atoms. The van der Waals surface area contributed by atoms with Crippen LogP contribution in [0.2, 0.25) is 0 Å². The first kappa shape index (κ1) is 19.2. The molecule has 0 fully saturated rings. The summed E-state index contributed by atoms with van der Waals surface area (Å²) in [5.41, 5.74) is 3.45. The van der Waals surface area contributed by atoms with Crippen LogP contribution in [0.5, 0.6) is 0 Å². The molecule has 0 aliphatic heterocycles. The average molecular weight is 510 g/mol. The normalized spacial score (nSPS) is 17.6.